The molecule has 0 bridgehead atoms. The van der Waals surface area contributed by atoms with Crippen LogP contribution in [0.3, 0.4) is 0 Å². The van der Waals surface area contributed by atoms with Crippen LogP contribution < -0.4 is 5.32 Å². The van der Waals surface area contributed by atoms with Crippen molar-refractivity contribution in [2.45, 2.75) is 16.4 Å². The minimum atomic E-state index is -1.19. The number of aromatic nitrogens is 3. The van der Waals surface area contributed by atoms with Gasteiger partial charge in [0.05, 0.1) is 12.8 Å². The van der Waals surface area contributed by atoms with Crippen molar-refractivity contribution >= 4 is 58.8 Å². The van der Waals surface area contributed by atoms with Gasteiger partial charge in [-0.1, -0.05) is 16.9 Å². The van der Waals surface area contributed by atoms with Crippen LogP contribution in [0.4, 0.5) is 0 Å². The molecule has 0 aromatic carbocycles. The maximum atomic E-state index is 12.8. The summed E-state index contributed by atoms with van der Waals surface area (Å²) in [7, 11) is 1.31. The van der Waals surface area contributed by atoms with Crippen molar-refractivity contribution in [3.8, 4) is 0 Å². The number of carbonyl (C=O) groups excluding carboxylic acids is 2. The van der Waals surface area contributed by atoms with E-state index in [-0.39, 0.29) is 17.2 Å². The highest BCUT2D eigenvalue weighted by molar-refractivity contribution is 8.02. The molecule has 32 heavy (non-hydrogen) atoms. The SMILES string of the molecule is CON=C(C(=O)NC1C(=O)N2C(C(=O)O)=C(CSc3cn[nH]n3)CS[C@H]12)C1=CSCCO1. The van der Waals surface area contributed by atoms with Crippen molar-refractivity contribution in [3.05, 3.63) is 28.6 Å². The minimum Gasteiger partial charge on any atom is -0.490 e. The Bertz CT molecular complexity index is 1010. The van der Waals surface area contributed by atoms with E-state index in [0.717, 1.165) is 5.75 Å². The first-order valence-corrected chi connectivity index (χ1v) is 12.3. The number of aliphatic carboxylic acids is 1. The standard InChI is InChI=1S/C17H18N6O6S3/c1-28-21-11(9-7-30-3-2-29-9)14(24)19-12-15(25)23-13(17(26)27)8(6-32-16(12)23)5-31-10-4-18-22-20-10/h4,7,12,16H,2-3,5-6H2,1H3,(H,19,24)(H,26,27)(H,18,20,22)/t12?,16-/m1/s1. The Labute approximate surface area is 194 Å². The predicted octanol–water partition coefficient (Wildman–Crippen LogP) is 0.243. The van der Waals surface area contributed by atoms with Crippen molar-refractivity contribution < 1.29 is 29.1 Å². The lowest BCUT2D eigenvalue weighted by molar-refractivity contribution is -0.150. The highest BCUT2D eigenvalue weighted by Crippen LogP contribution is 2.41. The van der Waals surface area contributed by atoms with Gasteiger partial charge in [0.1, 0.15) is 29.2 Å². The lowest BCUT2D eigenvalue weighted by atomic mass is 10.0. The molecule has 2 amide bonds. The van der Waals surface area contributed by atoms with Crippen LogP contribution in [0.1, 0.15) is 0 Å². The Morgan fingerprint density at radius 1 is 1.53 bits per heavy atom. The molecule has 1 aromatic heterocycles. The van der Waals surface area contributed by atoms with Crippen LogP contribution in [0.2, 0.25) is 0 Å². The molecule has 12 nitrogen and oxygen atoms in total. The maximum absolute atomic E-state index is 12.8. The Morgan fingerprint density at radius 2 is 2.38 bits per heavy atom. The average Bonchev–Trinajstić information content (AvgIpc) is 3.33. The molecular formula is C17H18N6O6S3. The van der Waals surface area contributed by atoms with Gasteiger partial charge in [-0.15, -0.1) is 28.6 Å². The molecule has 1 fully saturated rings. The van der Waals surface area contributed by atoms with Gasteiger partial charge in [0.15, 0.2) is 5.76 Å². The van der Waals surface area contributed by atoms with Gasteiger partial charge < -0.3 is 20.0 Å². The molecule has 1 aromatic rings. The number of ether oxygens (including phenoxy) is 1. The Morgan fingerprint density at radius 3 is 3.03 bits per heavy atom. The van der Waals surface area contributed by atoms with Crippen molar-refractivity contribution in [1.82, 2.24) is 25.6 Å². The second-order valence-electron chi connectivity index (χ2n) is 6.54. The monoisotopic (exact) mass is 498 g/mol. The summed E-state index contributed by atoms with van der Waals surface area (Å²) in [5, 5.41) is 28.0. The molecule has 0 saturated carbocycles. The van der Waals surface area contributed by atoms with Crippen LogP contribution >= 0.6 is 35.3 Å². The number of fused-ring (bicyclic) bond motifs is 1. The van der Waals surface area contributed by atoms with Gasteiger partial charge in [-0.25, -0.2) is 4.79 Å². The molecule has 0 aliphatic carbocycles. The second kappa shape index (κ2) is 9.87. The normalized spacial score (nSPS) is 23.0. The van der Waals surface area contributed by atoms with Crippen LogP contribution in [0.25, 0.3) is 0 Å². The molecule has 3 aliphatic heterocycles. The predicted molar refractivity (Wildman–Crippen MR) is 118 cm³/mol. The quantitative estimate of drug-likeness (QED) is 0.195. The number of H-pyrrole nitrogens is 1. The number of β-lactam (4-membered cyclic amide) rings is 1. The Balaban J connectivity index is 1.47. The zero-order valence-corrected chi connectivity index (χ0v) is 19.1. The fourth-order valence-electron chi connectivity index (χ4n) is 3.21. The summed E-state index contributed by atoms with van der Waals surface area (Å²) >= 11 is 4.18. The summed E-state index contributed by atoms with van der Waals surface area (Å²) < 4.78 is 5.47. The number of aromatic amines is 1. The zero-order valence-electron chi connectivity index (χ0n) is 16.6. The number of nitrogens with zero attached hydrogens (tertiary/aromatic N) is 4. The van der Waals surface area contributed by atoms with Crippen molar-refractivity contribution in [2.75, 3.05) is 31.0 Å². The molecule has 15 heteroatoms. The fraction of sp³-hybridized carbons (Fsp3) is 0.412. The average molecular weight is 499 g/mol. The molecule has 3 N–H and O–H groups in total. The van der Waals surface area contributed by atoms with Crippen LogP contribution in [0, 0.1) is 0 Å². The molecule has 2 atom stereocenters. The lowest BCUT2D eigenvalue weighted by Crippen LogP contribution is -2.71. The van der Waals surface area contributed by atoms with Gasteiger partial charge in [0.2, 0.25) is 5.71 Å². The van der Waals surface area contributed by atoms with Gasteiger partial charge >= 0.3 is 5.97 Å². The number of carbonyl (C=O) groups is 3. The van der Waals surface area contributed by atoms with E-state index in [2.05, 4.69) is 25.9 Å². The van der Waals surface area contributed by atoms with Gasteiger partial charge in [0, 0.05) is 22.7 Å². The zero-order chi connectivity index (χ0) is 22.7. The number of hydrogen-bond donors (Lipinski definition) is 3. The summed E-state index contributed by atoms with van der Waals surface area (Å²) in [6.45, 7) is 0.420. The summed E-state index contributed by atoms with van der Waals surface area (Å²) in [5.41, 5.74) is 0.468. The van der Waals surface area contributed by atoms with E-state index in [1.54, 1.807) is 5.41 Å². The Kier molecular flexibility index (Phi) is 6.95. The summed E-state index contributed by atoms with van der Waals surface area (Å²) in [6.07, 6.45) is 1.54. The topological polar surface area (TPSA) is 159 Å². The third-order valence-corrected chi connectivity index (χ3v) is 7.71. The molecule has 3 aliphatic rings. The molecule has 170 valence electrons. The number of oxime groups is 1. The molecule has 1 saturated heterocycles. The van der Waals surface area contributed by atoms with Gasteiger partial charge in [-0.05, 0) is 5.57 Å². The van der Waals surface area contributed by atoms with E-state index in [1.165, 1.54) is 53.5 Å². The Hall–Kier alpha value is -2.65. The van der Waals surface area contributed by atoms with Gasteiger partial charge in [0.25, 0.3) is 11.8 Å². The van der Waals surface area contributed by atoms with Gasteiger partial charge in [-0.3, -0.25) is 14.5 Å². The summed E-state index contributed by atoms with van der Waals surface area (Å²) in [4.78, 5) is 43.5. The number of amides is 2. The van der Waals surface area contributed by atoms with E-state index in [9.17, 15) is 19.5 Å². The summed E-state index contributed by atoms with van der Waals surface area (Å²) in [6, 6.07) is -0.884. The van der Waals surface area contributed by atoms with Crippen LogP contribution in [-0.2, 0) is 24.0 Å². The highest BCUT2D eigenvalue weighted by Gasteiger charge is 2.54. The van der Waals surface area contributed by atoms with E-state index >= 15 is 0 Å². The number of carboxylic acids is 1. The molecule has 0 radical (unpaired) electrons. The first-order chi connectivity index (χ1) is 15.5. The fourth-order valence-corrected chi connectivity index (χ4v) is 6.10. The molecule has 4 heterocycles. The molecule has 4 rings (SSSR count). The van der Waals surface area contributed by atoms with E-state index in [4.69, 9.17) is 9.57 Å². The van der Waals surface area contributed by atoms with Crippen LogP contribution in [0.5, 0.6) is 0 Å². The van der Waals surface area contributed by atoms with E-state index in [1.807, 2.05) is 0 Å². The maximum Gasteiger partial charge on any atom is 0.352 e. The number of rotatable bonds is 8. The van der Waals surface area contributed by atoms with Crippen molar-refractivity contribution in [1.29, 1.82) is 0 Å². The molecule has 1 unspecified atom stereocenters. The first-order valence-electron chi connectivity index (χ1n) is 9.26. The first kappa shape index (κ1) is 22.5. The smallest absolute Gasteiger partial charge is 0.352 e. The second-order valence-corrected chi connectivity index (χ2v) is 9.62. The van der Waals surface area contributed by atoms with Crippen molar-refractivity contribution in [2.24, 2.45) is 5.16 Å². The third kappa shape index (κ3) is 4.45. The van der Waals surface area contributed by atoms with Crippen molar-refractivity contribution in [3.63, 3.8) is 0 Å². The molecule has 0 spiro atoms. The lowest BCUT2D eigenvalue weighted by Gasteiger charge is -2.49. The third-order valence-electron chi connectivity index (χ3n) is 4.60. The van der Waals surface area contributed by atoms with Gasteiger partial charge in [-0.2, -0.15) is 10.3 Å². The number of hydrogen-bond acceptors (Lipinski definition) is 11. The van der Waals surface area contributed by atoms with E-state index < -0.39 is 29.2 Å². The molecular weight excluding hydrogens is 480 g/mol. The summed E-state index contributed by atoms with van der Waals surface area (Å²) in [5.74, 6) is -0.557. The minimum absolute atomic E-state index is 0.0549. The largest absolute Gasteiger partial charge is 0.490 e. The van der Waals surface area contributed by atoms with Crippen LogP contribution in [-0.4, -0.2) is 91.3 Å². The highest BCUT2D eigenvalue weighted by atomic mass is 32.2. The number of carboxylic acid groups (broad SMARTS) is 1. The number of thioether (sulfide) groups is 3. The van der Waals surface area contributed by atoms with E-state index in [0.29, 0.717) is 28.7 Å². The van der Waals surface area contributed by atoms with Crippen LogP contribution in [0.15, 0.2) is 38.8 Å². The number of nitrogens with one attached hydrogen (secondary N) is 2.